The first-order valence-corrected chi connectivity index (χ1v) is 9.01. The Morgan fingerprint density at radius 3 is 2.89 bits per heavy atom. The van der Waals surface area contributed by atoms with Crippen molar-refractivity contribution in [3.63, 3.8) is 0 Å². The van der Waals surface area contributed by atoms with E-state index in [4.69, 9.17) is 4.74 Å². The van der Waals surface area contributed by atoms with Crippen LogP contribution < -0.4 is 0 Å². The zero-order valence-electron chi connectivity index (χ0n) is 15.4. The third-order valence-electron chi connectivity index (χ3n) is 4.92. The maximum Gasteiger partial charge on any atom is 0.341 e. The lowest BCUT2D eigenvalue weighted by Crippen LogP contribution is -2.45. The number of esters is 1. The molecule has 6 nitrogen and oxygen atoms in total. The van der Waals surface area contributed by atoms with Gasteiger partial charge in [0, 0.05) is 38.0 Å². The number of hydrogen-bond donors (Lipinski definition) is 0. The number of aromatic nitrogens is 3. The van der Waals surface area contributed by atoms with Crippen LogP contribution in [-0.4, -0.2) is 45.3 Å². The average molecular weight is 368 g/mol. The van der Waals surface area contributed by atoms with Gasteiger partial charge < -0.3 is 4.74 Å². The van der Waals surface area contributed by atoms with Crippen LogP contribution in [0.4, 0.5) is 4.39 Å². The number of carbonyl (C=O) groups excluding carboxylic acids is 1. The van der Waals surface area contributed by atoms with Gasteiger partial charge >= 0.3 is 5.97 Å². The minimum atomic E-state index is -0.317. The normalized spacial score (nSPS) is 15.1. The lowest BCUT2D eigenvalue weighted by atomic mass is 9.93. The molecular formula is C20H21FN4O2. The molecule has 7 heteroatoms. The van der Waals surface area contributed by atoms with Gasteiger partial charge in [0.1, 0.15) is 11.4 Å². The highest BCUT2D eigenvalue weighted by molar-refractivity contribution is 5.90. The summed E-state index contributed by atoms with van der Waals surface area (Å²) < 4.78 is 20.2. The molecule has 0 atom stereocenters. The van der Waals surface area contributed by atoms with E-state index in [1.165, 1.54) is 12.1 Å². The number of fused-ring (bicyclic) bond motifs is 1. The van der Waals surface area contributed by atoms with Crippen LogP contribution in [0.2, 0.25) is 0 Å². The smallest absolute Gasteiger partial charge is 0.341 e. The van der Waals surface area contributed by atoms with E-state index in [1.54, 1.807) is 23.9 Å². The highest BCUT2D eigenvalue weighted by atomic mass is 19.1. The molecule has 3 aromatic rings. The lowest BCUT2D eigenvalue weighted by Gasteiger charge is -2.39. The zero-order chi connectivity index (χ0) is 19.0. The van der Waals surface area contributed by atoms with E-state index in [-0.39, 0.29) is 17.7 Å². The number of carbonyl (C=O) groups is 1. The Morgan fingerprint density at radius 2 is 2.11 bits per heavy atom. The molecule has 0 spiro atoms. The molecule has 0 amide bonds. The van der Waals surface area contributed by atoms with Crippen molar-refractivity contribution < 1.29 is 13.9 Å². The SMILES string of the molecule is CCOC(=O)c1cnn(C)c1C1CN(Cc2ccc3cc(F)ccc3n2)C1. The molecule has 0 saturated carbocycles. The molecule has 27 heavy (non-hydrogen) atoms. The second-order valence-electron chi connectivity index (χ2n) is 6.82. The minimum Gasteiger partial charge on any atom is -0.462 e. The van der Waals surface area contributed by atoms with Crippen LogP contribution in [-0.2, 0) is 18.3 Å². The molecule has 1 saturated heterocycles. The summed E-state index contributed by atoms with van der Waals surface area (Å²) in [5.74, 6) is -0.329. The predicted octanol–water partition coefficient (Wildman–Crippen LogP) is 2.88. The summed E-state index contributed by atoms with van der Waals surface area (Å²) in [5, 5.41) is 5.03. The van der Waals surface area contributed by atoms with Crippen molar-refractivity contribution in [3.05, 3.63) is 59.3 Å². The lowest BCUT2D eigenvalue weighted by molar-refractivity contribution is 0.0520. The van der Waals surface area contributed by atoms with E-state index in [2.05, 4.69) is 15.0 Å². The summed E-state index contributed by atoms with van der Waals surface area (Å²) in [5.41, 5.74) is 3.21. The molecule has 4 rings (SSSR count). The van der Waals surface area contributed by atoms with E-state index in [1.807, 2.05) is 19.2 Å². The van der Waals surface area contributed by atoms with Gasteiger partial charge in [-0.2, -0.15) is 5.10 Å². The second kappa shape index (κ2) is 7.08. The minimum absolute atomic E-state index is 0.242. The largest absolute Gasteiger partial charge is 0.462 e. The Labute approximate surface area is 156 Å². The van der Waals surface area contributed by atoms with Crippen molar-refractivity contribution in [2.75, 3.05) is 19.7 Å². The first kappa shape index (κ1) is 17.6. The van der Waals surface area contributed by atoms with Crippen molar-refractivity contribution >= 4 is 16.9 Å². The molecule has 0 bridgehead atoms. The van der Waals surface area contributed by atoms with E-state index in [0.29, 0.717) is 12.2 Å². The summed E-state index contributed by atoms with van der Waals surface area (Å²) in [4.78, 5) is 19.0. The number of pyridine rings is 1. The molecule has 0 radical (unpaired) electrons. The number of ether oxygens (including phenoxy) is 1. The Morgan fingerprint density at radius 1 is 1.30 bits per heavy atom. The van der Waals surface area contributed by atoms with Crippen LogP contribution in [0.3, 0.4) is 0 Å². The van der Waals surface area contributed by atoms with Gasteiger partial charge in [0.05, 0.1) is 29.7 Å². The molecule has 0 aliphatic carbocycles. The van der Waals surface area contributed by atoms with Gasteiger partial charge in [0.2, 0.25) is 0 Å². The van der Waals surface area contributed by atoms with Crippen LogP contribution in [0, 0.1) is 5.82 Å². The van der Waals surface area contributed by atoms with Crippen LogP contribution >= 0.6 is 0 Å². The number of hydrogen-bond acceptors (Lipinski definition) is 5. The van der Waals surface area contributed by atoms with Gasteiger partial charge in [-0.05, 0) is 31.2 Å². The van der Waals surface area contributed by atoms with Crippen molar-refractivity contribution in [2.45, 2.75) is 19.4 Å². The Balaban J connectivity index is 1.44. The fourth-order valence-corrected chi connectivity index (χ4v) is 3.62. The van der Waals surface area contributed by atoms with Crippen LogP contribution in [0.5, 0.6) is 0 Å². The van der Waals surface area contributed by atoms with Gasteiger partial charge in [0.15, 0.2) is 0 Å². The van der Waals surface area contributed by atoms with Crippen LogP contribution in [0.25, 0.3) is 10.9 Å². The molecule has 3 heterocycles. The number of benzene rings is 1. The topological polar surface area (TPSA) is 60.2 Å². The number of halogens is 1. The molecule has 0 N–H and O–H groups in total. The molecule has 1 aliphatic rings. The van der Waals surface area contributed by atoms with Crippen LogP contribution in [0.15, 0.2) is 36.5 Å². The summed E-state index contributed by atoms with van der Waals surface area (Å²) in [7, 11) is 1.85. The van der Waals surface area contributed by atoms with Gasteiger partial charge in [-0.15, -0.1) is 0 Å². The van der Waals surface area contributed by atoms with Gasteiger partial charge in [-0.3, -0.25) is 14.6 Å². The maximum atomic E-state index is 13.3. The molecule has 1 fully saturated rings. The molecule has 140 valence electrons. The third-order valence-corrected chi connectivity index (χ3v) is 4.92. The Bertz CT molecular complexity index is 995. The number of rotatable bonds is 5. The zero-order valence-corrected chi connectivity index (χ0v) is 15.4. The Kier molecular flexibility index (Phi) is 4.61. The van der Waals surface area contributed by atoms with E-state index in [0.717, 1.165) is 41.9 Å². The molecule has 0 unspecified atom stereocenters. The quantitative estimate of drug-likeness (QED) is 0.648. The number of aryl methyl sites for hydroxylation is 1. The van der Waals surface area contributed by atoms with E-state index >= 15 is 0 Å². The molecule has 1 aromatic carbocycles. The Hall–Kier alpha value is -2.80. The maximum absolute atomic E-state index is 13.3. The first-order chi connectivity index (χ1) is 13.0. The van der Waals surface area contributed by atoms with Gasteiger partial charge in [0.25, 0.3) is 0 Å². The fourth-order valence-electron chi connectivity index (χ4n) is 3.62. The second-order valence-corrected chi connectivity index (χ2v) is 6.82. The molecule has 1 aliphatic heterocycles. The average Bonchev–Trinajstić information content (AvgIpc) is 2.99. The summed E-state index contributed by atoms with van der Waals surface area (Å²) in [6.45, 7) is 4.52. The van der Waals surface area contributed by atoms with Crippen molar-refractivity contribution in [1.29, 1.82) is 0 Å². The van der Waals surface area contributed by atoms with Crippen LogP contribution in [0.1, 0.15) is 34.6 Å². The number of likely N-dealkylation sites (tertiary alicyclic amines) is 1. The van der Waals surface area contributed by atoms with E-state index < -0.39 is 0 Å². The molecule has 2 aromatic heterocycles. The first-order valence-electron chi connectivity index (χ1n) is 9.01. The number of nitrogens with zero attached hydrogens (tertiary/aromatic N) is 4. The van der Waals surface area contributed by atoms with Crippen molar-refractivity contribution in [3.8, 4) is 0 Å². The van der Waals surface area contributed by atoms with Gasteiger partial charge in [-0.25, -0.2) is 9.18 Å². The van der Waals surface area contributed by atoms with Crippen molar-refractivity contribution in [2.24, 2.45) is 7.05 Å². The van der Waals surface area contributed by atoms with E-state index in [9.17, 15) is 9.18 Å². The van der Waals surface area contributed by atoms with Gasteiger partial charge in [-0.1, -0.05) is 6.07 Å². The summed E-state index contributed by atoms with van der Waals surface area (Å²) in [6.07, 6.45) is 1.58. The fraction of sp³-hybridized carbons (Fsp3) is 0.350. The van der Waals surface area contributed by atoms with Crippen molar-refractivity contribution in [1.82, 2.24) is 19.7 Å². The standard InChI is InChI=1S/C20H21FN4O2/c1-3-27-20(26)17-9-22-24(2)19(17)14-10-25(11-14)12-16-6-4-13-8-15(21)5-7-18(13)23-16/h4-9,14H,3,10-12H2,1-2H3. The summed E-state index contributed by atoms with van der Waals surface area (Å²) in [6, 6.07) is 8.46. The predicted molar refractivity (Wildman–Crippen MR) is 98.9 cm³/mol. The highest BCUT2D eigenvalue weighted by Crippen LogP contribution is 2.30. The molecular weight excluding hydrogens is 347 g/mol. The summed E-state index contributed by atoms with van der Waals surface area (Å²) >= 11 is 0. The monoisotopic (exact) mass is 368 g/mol. The third kappa shape index (κ3) is 3.42. The highest BCUT2D eigenvalue weighted by Gasteiger charge is 2.34.